The monoisotopic (exact) mass is 256 g/mol. The standard InChI is InChI=1S/C14H28N2O2/c1-12(2)18-9-4-3-8-16-14(17)10-13-6-5-7-15-11-13/h12-13,15H,3-11H2,1-2H3,(H,16,17). The number of ether oxygens (including phenoxy) is 1. The minimum atomic E-state index is 0.202. The van der Waals surface area contributed by atoms with Gasteiger partial charge in [0, 0.05) is 19.6 Å². The Hall–Kier alpha value is -0.610. The Bertz CT molecular complexity index is 226. The molecule has 1 unspecified atom stereocenters. The summed E-state index contributed by atoms with van der Waals surface area (Å²) in [5, 5.41) is 6.33. The lowest BCUT2D eigenvalue weighted by Gasteiger charge is -2.22. The Labute approximate surface area is 111 Å². The molecule has 0 aromatic rings. The Morgan fingerprint density at radius 3 is 2.94 bits per heavy atom. The molecule has 106 valence electrons. The third kappa shape index (κ3) is 7.67. The van der Waals surface area contributed by atoms with Gasteiger partial charge in [-0.3, -0.25) is 4.79 Å². The maximum absolute atomic E-state index is 11.7. The van der Waals surface area contributed by atoms with E-state index in [1.165, 1.54) is 12.8 Å². The molecule has 1 saturated heterocycles. The van der Waals surface area contributed by atoms with E-state index in [4.69, 9.17) is 4.74 Å². The van der Waals surface area contributed by atoms with Crippen molar-refractivity contribution < 1.29 is 9.53 Å². The maximum Gasteiger partial charge on any atom is 0.220 e. The zero-order chi connectivity index (χ0) is 13.2. The SMILES string of the molecule is CC(C)OCCCCNC(=O)CC1CCCNC1. The fraction of sp³-hybridized carbons (Fsp3) is 0.929. The van der Waals surface area contributed by atoms with E-state index in [0.717, 1.165) is 39.1 Å². The molecule has 0 aliphatic carbocycles. The highest BCUT2D eigenvalue weighted by atomic mass is 16.5. The van der Waals surface area contributed by atoms with Gasteiger partial charge in [0.25, 0.3) is 0 Å². The van der Waals surface area contributed by atoms with Crippen LogP contribution in [0.2, 0.25) is 0 Å². The maximum atomic E-state index is 11.7. The minimum absolute atomic E-state index is 0.202. The number of nitrogens with one attached hydrogen (secondary N) is 2. The molecule has 4 heteroatoms. The second kappa shape index (κ2) is 9.34. The predicted octanol–water partition coefficient (Wildman–Crippen LogP) is 1.70. The molecule has 1 atom stereocenters. The lowest BCUT2D eigenvalue weighted by molar-refractivity contribution is -0.122. The van der Waals surface area contributed by atoms with Crippen LogP contribution in [0.1, 0.15) is 46.0 Å². The van der Waals surface area contributed by atoms with Gasteiger partial charge in [0.1, 0.15) is 0 Å². The number of carbonyl (C=O) groups is 1. The van der Waals surface area contributed by atoms with Crippen LogP contribution in [-0.2, 0) is 9.53 Å². The van der Waals surface area contributed by atoms with Crippen LogP contribution in [0.5, 0.6) is 0 Å². The van der Waals surface area contributed by atoms with Crippen molar-refractivity contribution in [2.24, 2.45) is 5.92 Å². The van der Waals surface area contributed by atoms with Crippen molar-refractivity contribution in [1.82, 2.24) is 10.6 Å². The molecule has 0 saturated carbocycles. The van der Waals surface area contributed by atoms with Crippen LogP contribution >= 0.6 is 0 Å². The van der Waals surface area contributed by atoms with Crippen molar-refractivity contribution in [2.75, 3.05) is 26.2 Å². The van der Waals surface area contributed by atoms with E-state index in [2.05, 4.69) is 10.6 Å². The highest BCUT2D eigenvalue weighted by molar-refractivity contribution is 5.76. The van der Waals surface area contributed by atoms with E-state index in [1.807, 2.05) is 13.8 Å². The Morgan fingerprint density at radius 1 is 1.44 bits per heavy atom. The summed E-state index contributed by atoms with van der Waals surface area (Å²) in [5.74, 6) is 0.733. The fourth-order valence-corrected chi connectivity index (χ4v) is 2.21. The smallest absolute Gasteiger partial charge is 0.220 e. The first-order valence-electron chi connectivity index (χ1n) is 7.27. The summed E-state index contributed by atoms with van der Waals surface area (Å²) >= 11 is 0. The van der Waals surface area contributed by atoms with E-state index < -0.39 is 0 Å². The van der Waals surface area contributed by atoms with E-state index in [1.54, 1.807) is 0 Å². The molecule has 0 aromatic heterocycles. The Balaban J connectivity index is 1.93. The third-order valence-corrected chi connectivity index (χ3v) is 3.22. The van der Waals surface area contributed by atoms with E-state index in [0.29, 0.717) is 18.4 Å². The van der Waals surface area contributed by atoms with Crippen LogP contribution in [0, 0.1) is 5.92 Å². The molecule has 18 heavy (non-hydrogen) atoms. The van der Waals surface area contributed by atoms with Gasteiger partial charge >= 0.3 is 0 Å². The molecule has 0 aromatic carbocycles. The third-order valence-electron chi connectivity index (χ3n) is 3.22. The van der Waals surface area contributed by atoms with E-state index in [-0.39, 0.29) is 5.91 Å². The van der Waals surface area contributed by atoms with Crippen molar-refractivity contribution in [3.63, 3.8) is 0 Å². The average molecular weight is 256 g/mol. The molecular formula is C14H28N2O2. The number of hydrogen-bond acceptors (Lipinski definition) is 3. The molecule has 1 fully saturated rings. The second-order valence-corrected chi connectivity index (χ2v) is 5.39. The molecule has 4 nitrogen and oxygen atoms in total. The van der Waals surface area contributed by atoms with Crippen molar-refractivity contribution >= 4 is 5.91 Å². The first-order chi connectivity index (χ1) is 8.68. The molecule has 1 aliphatic heterocycles. The normalized spacial score (nSPS) is 20.1. The zero-order valence-electron chi connectivity index (χ0n) is 11.8. The van der Waals surface area contributed by atoms with Gasteiger partial charge in [0.15, 0.2) is 0 Å². The molecule has 0 radical (unpaired) electrons. The number of carbonyl (C=O) groups excluding carboxylic acids is 1. The van der Waals surface area contributed by atoms with Crippen LogP contribution in [0.3, 0.4) is 0 Å². The molecular weight excluding hydrogens is 228 g/mol. The van der Waals surface area contributed by atoms with Crippen molar-refractivity contribution in [3.8, 4) is 0 Å². The molecule has 1 rings (SSSR count). The molecule has 0 spiro atoms. The van der Waals surface area contributed by atoms with Gasteiger partial charge < -0.3 is 15.4 Å². The molecule has 0 bridgehead atoms. The van der Waals surface area contributed by atoms with Gasteiger partial charge in [-0.15, -0.1) is 0 Å². The predicted molar refractivity (Wildman–Crippen MR) is 73.5 cm³/mol. The number of piperidine rings is 1. The van der Waals surface area contributed by atoms with Crippen LogP contribution in [-0.4, -0.2) is 38.3 Å². The Morgan fingerprint density at radius 2 is 2.28 bits per heavy atom. The van der Waals surface area contributed by atoms with Crippen molar-refractivity contribution in [1.29, 1.82) is 0 Å². The lowest BCUT2D eigenvalue weighted by atomic mass is 9.96. The highest BCUT2D eigenvalue weighted by Gasteiger charge is 2.16. The first kappa shape index (κ1) is 15.4. The second-order valence-electron chi connectivity index (χ2n) is 5.39. The molecule has 1 amide bonds. The van der Waals surface area contributed by atoms with Gasteiger partial charge in [-0.25, -0.2) is 0 Å². The van der Waals surface area contributed by atoms with Gasteiger partial charge in [-0.2, -0.15) is 0 Å². The highest BCUT2D eigenvalue weighted by Crippen LogP contribution is 2.13. The van der Waals surface area contributed by atoms with Crippen LogP contribution in [0.4, 0.5) is 0 Å². The quantitative estimate of drug-likeness (QED) is 0.650. The van der Waals surface area contributed by atoms with Crippen LogP contribution < -0.4 is 10.6 Å². The Kier molecular flexibility index (Phi) is 8.01. The fourth-order valence-electron chi connectivity index (χ4n) is 2.21. The average Bonchev–Trinajstić information content (AvgIpc) is 2.34. The van der Waals surface area contributed by atoms with Crippen LogP contribution in [0.15, 0.2) is 0 Å². The molecule has 1 heterocycles. The van der Waals surface area contributed by atoms with Gasteiger partial charge in [0.2, 0.25) is 5.91 Å². The van der Waals surface area contributed by atoms with Crippen LogP contribution in [0.25, 0.3) is 0 Å². The van der Waals surface area contributed by atoms with Crippen molar-refractivity contribution in [3.05, 3.63) is 0 Å². The molecule has 1 aliphatic rings. The summed E-state index contributed by atoms with van der Waals surface area (Å²) in [6, 6.07) is 0. The summed E-state index contributed by atoms with van der Waals surface area (Å²) in [4.78, 5) is 11.7. The van der Waals surface area contributed by atoms with Gasteiger partial charge in [-0.1, -0.05) is 0 Å². The summed E-state index contributed by atoms with van der Waals surface area (Å²) in [6.07, 6.45) is 5.38. The summed E-state index contributed by atoms with van der Waals surface area (Å²) in [6.45, 7) is 7.75. The van der Waals surface area contributed by atoms with Crippen molar-refractivity contribution in [2.45, 2.75) is 52.1 Å². The zero-order valence-corrected chi connectivity index (χ0v) is 11.8. The number of amides is 1. The lowest BCUT2D eigenvalue weighted by Crippen LogP contribution is -2.34. The number of hydrogen-bond donors (Lipinski definition) is 2. The topological polar surface area (TPSA) is 50.4 Å². The van der Waals surface area contributed by atoms with Gasteiger partial charge in [0.05, 0.1) is 6.10 Å². The summed E-state index contributed by atoms with van der Waals surface area (Å²) < 4.78 is 5.45. The largest absolute Gasteiger partial charge is 0.379 e. The summed E-state index contributed by atoms with van der Waals surface area (Å²) in [5.41, 5.74) is 0. The van der Waals surface area contributed by atoms with E-state index in [9.17, 15) is 4.79 Å². The number of rotatable bonds is 8. The summed E-state index contributed by atoms with van der Waals surface area (Å²) in [7, 11) is 0. The van der Waals surface area contributed by atoms with Gasteiger partial charge in [-0.05, 0) is 58.5 Å². The number of unbranched alkanes of at least 4 members (excludes halogenated alkanes) is 1. The molecule has 2 N–H and O–H groups in total. The first-order valence-corrected chi connectivity index (χ1v) is 7.27. The van der Waals surface area contributed by atoms with E-state index >= 15 is 0 Å². The minimum Gasteiger partial charge on any atom is -0.379 e.